The molecule has 0 saturated heterocycles. The molecule has 2 N–H and O–H groups in total. The number of likely N-dealkylation sites (N-methyl/N-ethyl adjacent to an activating group) is 1. The van der Waals surface area contributed by atoms with E-state index in [0.717, 1.165) is 18.4 Å². The fourth-order valence-electron chi connectivity index (χ4n) is 3.60. The second-order valence-corrected chi connectivity index (χ2v) is 11.0. The van der Waals surface area contributed by atoms with Crippen molar-refractivity contribution in [3.05, 3.63) is 29.8 Å². The maximum atomic E-state index is 12.7. The predicted octanol–water partition coefficient (Wildman–Crippen LogP) is 4.20. The Bertz CT molecular complexity index is 725. The van der Waals surface area contributed by atoms with Crippen molar-refractivity contribution in [1.29, 1.82) is 0 Å². The van der Waals surface area contributed by atoms with E-state index in [9.17, 15) is 13.2 Å². The maximum Gasteiger partial charge on any atom is 0.305 e. The number of aliphatic carboxylic acids is 1. The van der Waals surface area contributed by atoms with Gasteiger partial charge in [0.15, 0.2) is 0 Å². The Morgan fingerprint density at radius 3 is 2.00 bits per heavy atom. The van der Waals surface area contributed by atoms with E-state index in [-0.39, 0.29) is 11.3 Å². The summed E-state index contributed by atoms with van der Waals surface area (Å²) in [5.41, 5.74) is 1.13. The first kappa shape index (κ1) is 26.6. The number of carboxylic acids is 1. The van der Waals surface area contributed by atoms with Crippen molar-refractivity contribution in [1.82, 2.24) is 4.72 Å². The molecule has 1 unspecified atom stereocenters. The summed E-state index contributed by atoms with van der Waals surface area (Å²) in [6.07, 6.45) is 10.8. The molecule has 1 aromatic rings. The fourth-order valence-corrected chi connectivity index (χ4v) is 4.83. The molecule has 0 heterocycles. The van der Waals surface area contributed by atoms with Crippen LogP contribution in [0.15, 0.2) is 29.2 Å². The molecule has 1 atom stereocenters. The van der Waals surface area contributed by atoms with E-state index in [1.54, 1.807) is 12.1 Å². The van der Waals surface area contributed by atoms with Crippen LogP contribution in [0, 0.1) is 0 Å². The zero-order chi connectivity index (χ0) is 22.6. The minimum atomic E-state index is -3.76. The van der Waals surface area contributed by atoms with Gasteiger partial charge in [-0.1, -0.05) is 64.0 Å². The molecule has 30 heavy (non-hydrogen) atoms. The van der Waals surface area contributed by atoms with Crippen LogP contribution in [0.1, 0.15) is 70.3 Å². The van der Waals surface area contributed by atoms with Gasteiger partial charge in [0, 0.05) is 0 Å². The number of quaternary nitrogens is 1. The van der Waals surface area contributed by atoms with Crippen molar-refractivity contribution in [3.8, 4) is 0 Å². The first-order valence-corrected chi connectivity index (χ1v) is 12.7. The molecule has 0 aliphatic heterocycles. The third-order valence-corrected chi connectivity index (χ3v) is 6.60. The maximum absolute atomic E-state index is 12.7. The zero-order valence-electron chi connectivity index (χ0n) is 19.2. The number of carboxylic acid groups (broad SMARTS) is 1. The molecule has 0 radical (unpaired) electrons. The Hall–Kier alpha value is -1.44. The van der Waals surface area contributed by atoms with E-state index in [4.69, 9.17) is 5.11 Å². The number of nitrogens with one attached hydrogen (secondary N) is 1. The zero-order valence-corrected chi connectivity index (χ0v) is 20.0. The minimum Gasteiger partial charge on any atom is -0.481 e. The summed E-state index contributed by atoms with van der Waals surface area (Å²) in [6.45, 7) is 2.62. The SMILES string of the molecule is CCCCCCCCCCc1ccc(S(=O)(=O)NC(CC(=O)O)C[N+](C)(C)C)cc1. The number of aryl methyl sites for hydroxylation is 1. The molecule has 0 aromatic heterocycles. The Balaban J connectivity index is 2.55. The number of unbranched alkanes of at least 4 members (excludes halogenated alkanes) is 7. The van der Waals surface area contributed by atoms with Gasteiger partial charge in [-0.05, 0) is 30.5 Å². The standard InChI is InChI=1S/C23H40N2O4S/c1-5-6-7-8-9-10-11-12-13-20-14-16-22(17-15-20)30(28,29)24-21(18-23(26)27)19-25(2,3)4/h14-17,21,24H,5-13,18-19H2,1-4H3/p+1. The molecule has 0 amide bonds. The van der Waals surface area contributed by atoms with Crippen molar-refractivity contribution in [2.24, 2.45) is 0 Å². The van der Waals surface area contributed by atoms with Gasteiger partial charge in [0.05, 0.1) is 45.0 Å². The van der Waals surface area contributed by atoms with Crippen LogP contribution in [-0.4, -0.2) is 57.7 Å². The van der Waals surface area contributed by atoms with Gasteiger partial charge < -0.3 is 9.59 Å². The first-order valence-electron chi connectivity index (χ1n) is 11.2. The molecule has 0 bridgehead atoms. The molecule has 0 saturated carbocycles. The number of benzene rings is 1. The molecule has 172 valence electrons. The molecule has 0 spiro atoms. The van der Waals surface area contributed by atoms with Gasteiger partial charge in [-0.15, -0.1) is 0 Å². The van der Waals surface area contributed by atoms with E-state index in [2.05, 4.69) is 11.6 Å². The fraction of sp³-hybridized carbons (Fsp3) is 0.696. The molecule has 0 fully saturated rings. The molecule has 0 aliphatic rings. The van der Waals surface area contributed by atoms with Crippen molar-refractivity contribution < 1.29 is 22.8 Å². The highest BCUT2D eigenvalue weighted by Gasteiger charge is 2.26. The van der Waals surface area contributed by atoms with Crippen LogP contribution in [0.2, 0.25) is 0 Å². The topological polar surface area (TPSA) is 83.5 Å². The number of sulfonamides is 1. The molecular formula is C23H41N2O4S+. The van der Waals surface area contributed by atoms with E-state index in [0.29, 0.717) is 11.0 Å². The highest BCUT2D eigenvalue weighted by molar-refractivity contribution is 7.89. The van der Waals surface area contributed by atoms with E-state index in [1.165, 1.54) is 44.9 Å². The van der Waals surface area contributed by atoms with Gasteiger partial charge in [0.2, 0.25) is 10.0 Å². The first-order chi connectivity index (χ1) is 14.0. The normalized spacial score (nSPS) is 13.3. The van der Waals surface area contributed by atoms with Crippen LogP contribution in [0.4, 0.5) is 0 Å². The molecule has 1 rings (SSSR count). The van der Waals surface area contributed by atoms with Crippen LogP contribution in [0.3, 0.4) is 0 Å². The Morgan fingerprint density at radius 1 is 0.967 bits per heavy atom. The highest BCUT2D eigenvalue weighted by Crippen LogP contribution is 2.15. The third kappa shape index (κ3) is 11.7. The van der Waals surface area contributed by atoms with Crippen molar-refractivity contribution in [2.45, 2.75) is 82.1 Å². The predicted molar refractivity (Wildman–Crippen MR) is 122 cm³/mol. The van der Waals surface area contributed by atoms with Gasteiger partial charge in [-0.3, -0.25) is 4.79 Å². The number of nitrogens with zero attached hydrogens (tertiary/aromatic N) is 1. The van der Waals surface area contributed by atoms with Crippen molar-refractivity contribution in [2.75, 3.05) is 27.7 Å². The summed E-state index contributed by atoms with van der Waals surface area (Å²) in [5.74, 6) is -1.02. The van der Waals surface area contributed by atoms with Crippen LogP contribution in [-0.2, 0) is 21.2 Å². The Labute approximate surface area is 183 Å². The van der Waals surface area contributed by atoms with Gasteiger partial charge >= 0.3 is 5.97 Å². The van der Waals surface area contributed by atoms with E-state index < -0.39 is 22.0 Å². The lowest BCUT2D eigenvalue weighted by molar-refractivity contribution is -0.871. The number of rotatable bonds is 16. The van der Waals surface area contributed by atoms with Crippen LogP contribution >= 0.6 is 0 Å². The lowest BCUT2D eigenvalue weighted by Gasteiger charge is -2.29. The highest BCUT2D eigenvalue weighted by atomic mass is 32.2. The average Bonchev–Trinajstić information content (AvgIpc) is 2.62. The van der Waals surface area contributed by atoms with Crippen molar-refractivity contribution >= 4 is 16.0 Å². The monoisotopic (exact) mass is 441 g/mol. The summed E-state index contributed by atoms with van der Waals surface area (Å²) < 4.78 is 28.5. The molecule has 6 nitrogen and oxygen atoms in total. The van der Waals surface area contributed by atoms with Crippen LogP contribution in [0.5, 0.6) is 0 Å². The quantitative estimate of drug-likeness (QED) is 0.297. The van der Waals surface area contributed by atoms with E-state index in [1.807, 2.05) is 33.3 Å². The van der Waals surface area contributed by atoms with E-state index >= 15 is 0 Å². The smallest absolute Gasteiger partial charge is 0.305 e. The summed E-state index contributed by atoms with van der Waals surface area (Å²) in [7, 11) is 1.96. The number of hydrogen-bond acceptors (Lipinski definition) is 3. The largest absolute Gasteiger partial charge is 0.481 e. The summed E-state index contributed by atoms with van der Waals surface area (Å²) >= 11 is 0. The molecule has 1 aromatic carbocycles. The number of hydrogen-bond donors (Lipinski definition) is 2. The van der Waals surface area contributed by atoms with Gasteiger partial charge in [-0.2, -0.15) is 0 Å². The Kier molecular flexibility index (Phi) is 11.6. The third-order valence-electron chi connectivity index (χ3n) is 5.06. The Morgan fingerprint density at radius 2 is 1.50 bits per heavy atom. The molecule has 0 aliphatic carbocycles. The summed E-state index contributed by atoms with van der Waals surface area (Å²) in [6, 6.07) is 6.30. The van der Waals surface area contributed by atoms with Gasteiger partial charge in [-0.25, -0.2) is 13.1 Å². The van der Waals surface area contributed by atoms with Crippen LogP contribution in [0.25, 0.3) is 0 Å². The number of carbonyl (C=O) groups is 1. The van der Waals surface area contributed by atoms with Crippen LogP contribution < -0.4 is 4.72 Å². The second kappa shape index (κ2) is 13.1. The summed E-state index contributed by atoms with van der Waals surface area (Å²) in [4.78, 5) is 11.3. The second-order valence-electron chi connectivity index (χ2n) is 9.26. The summed E-state index contributed by atoms with van der Waals surface area (Å²) in [5, 5.41) is 9.12. The average molecular weight is 442 g/mol. The van der Waals surface area contributed by atoms with Gasteiger partial charge in [0.25, 0.3) is 0 Å². The van der Waals surface area contributed by atoms with Gasteiger partial charge in [0.1, 0.15) is 0 Å². The lowest BCUT2D eigenvalue weighted by Crippen LogP contribution is -2.49. The van der Waals surface area contributed by atoms with Crippen molar-refractivity contribution in [3.63, 3.8) is 0 Å². The molecule has 7 heteroatoms. The minimum absolute atomic E-state index is 0.180. The molecular weight excluding hydrogens is 400 g/mol. The lowest BCUT2D eigenvalue weighted by atomic mass is 10.0.